The van der Waals surface area contributed by atoms with Crippen LogP contribution in [0.3, 0.4) is 0 Å². The zero-order valence-electron chi connectivity index (χ0n) is 12.2. The highest BCUT2D eigenvalue weighted by atomic mass is 16.5. The predicted octanol–water partition coefficient (Wildman–Crippen LogP) is 1.06. The van der Waals surface area contributed by atoms with E-state index in [1.54, 1.807) is 19.2 Å². The fourth-order valence-corrected chi connectivity index (χ4v) is 2.47. The molecule has 2 aromatic rings. The van der Waals surface area contributed by atoms with Gasteiger partial charge in [-0.1, -0.05) is 0 Å². The van der Waals surface area contributed by atoms with E-state index < -0.39 is 0 Å². The number of benzene rings is 1. The van der Waals surface area contributed by atoms with Gasteiger partial charge in [-0.15, -0.1) is 0 Å². The summed E-state index contributed by atoms with van der Waals surface area (Å²) < 4.78 is 10.8. The Hall–Kier alpha value is -2.59. The third-order valence-electron chi connectivity index (χ3n) is 3.55. The lowest BCUT2D eigenvalue weighted by Crippen LogP contribution is -2.55. The molecule has 1 aliphatic rings. The van der Waals surface area contributed by atoms with Crippen LogP contribution in [0, 0.1) is 11.3 Å². The number of carbonyl (C=O) groups excluding carboxylic acids is 1. The first-order valence-corrected chi connectivity index (χ1v) is 7.12. The summed E-state index contributed by atoms with van der Waals surface area (Å²) in [4.78, 5) is 13.3. The minimum Gasteiger partial charge on any atom is -0.484 e. The van der Waals surface area contributed by atoms with Crippen molar-refractivity contribution in [2.24, 2.45) is 0 Å². The number of nitrogens with zero attached hydrogens (tertiary/aromatic N) is 3. The van der Waals surface area contributed by atoms with Crippen molar-refractivity contribution in [1.82, 2.24) is 15.1 Å². The van der Waals surface area contributed by atoms with E-state index in [9.17, 15) is 10.1 Å². The average Bonchev–Trinajstić information content (AvgIpc) is 2.94. The van der Waals surface area contributed by atoms with Crippen LogP contribution in [0.15, 0.2) is 18.3 Å². The summed E-state index contributed by atoms with van der Waals surface area (Å²) in [6, 6.07) is 5.68. The zero-order valence-corrected chi connectivity index (χ0v) is 12.2. The second kappa shape index (κ2) is 6.03. The van der Waals surface area contributed by atoms with Crippen LogP contribution in [0.5, 0.6) is 5.75 Å². The van der Waals surface area contributed by atoms with Gasteiger partial charge in [-0.2, -0.15) is 10.4 Å². The molecule has 0 aliphatic carbocycles. The Morgan fingerprint density at radius 3 is 3.09 bits per heavy atom. The Labute approximate surface area is 127 Å². The molecule has 7 heteroatoms. The standard InChI is InChI=1S/C15H16N4O3/c1-2-21-13(20)9-19-7-12(8-19)22-15-10(5-16)3-4-11-6-17-18-14(11)15/h3-4,6,12H,2,7-9H2,1H3,(H,17,18). The van der Waals surface area contributed by atoms with E-state index in [0.29, 0.717) is 36.5 Å². The molecule has 0 radical (unpaired) electrons. The minimum atomic E-state index is -0.229. The summed E-state index contributed by atoms with van der Waals surface area (Å²) in [5, 5.41) is 17.0. The van der Waals surface area contributed by atoms with Crippen LogP contribution < -0.4 is 4.74 Å². The molecule has 1 aromatic heterocycles. The van der Waals surface area contributed by atoms with Gasteiger partial charge in [0.05, 0.1) is 18.7 Å². The number of rotatable bonds is 5. The Morgan fingerprint density at radius 2 is 2.36 bits per heavy atom. The van der Waals surface area contributed by atoms with Crippen molar-refractivity contribution in [3.8, 4) is 11.8 Å². The molecule has 0 unspecified atom stereocenters. The molecule has 1 aliphatic heterocycles. The van der Waals surface area contributed by atoms with Gasteiger partial charge in [0.15, 0.2) is 5.75 Å². The number of carbonyl (C=O) groups is 1. The fraction of sp³-hybridized carbons (Fsp3) is 0.400. The number of aromatic amines is 1. The van der Waals surface area contributed by atoms with Gasteiger partial charge < -0.3 is 9.47 Å². The van der Waals surface area contributed by atoms with Gasteiger partial charge in [-0.25, -0.2) is 0 Å². The lowest BCUT2D eigenvalue weighted by Gasteiger charge is -2.38. The monoisotopic (exact) mass is 300 g/mol. The van der Waals surface area contributed by atoms with Crippen molar-refractivity contribution in [2.45, 2.75) is 13.0 Å². The van der Waals surface area contributed by atoms with Gasteiger partial charge in [0, 0.05) is 24.7 Å². The van der Waals surface area contributed by atoms with Gasteiger partial charge >= 0.3 is 5.97 Å². The second-order valence-corrected chi connectivity index (χ2v) is 5.12. The SMILES string of the molecule is CCOC(=O)CN1CC(Oc2c(C#N)ccc3c[nH]nc23)C1. The van der Waals surface area contributed by atoms with Crippen molar-refractivity contribution < 1.29 is 14.3 Å². The molecular formula is C15H16N4O3. The van der Waals surface area contributed by atoms with Gasteiger partial charge in [0.25, 0.3) is 0 Å². The zero-order chi connectivity index (χ0) is 15.5. The fourth-order valence-electron chi connectivity index (χ4n) is 2.47. The third-order valence-corrected chi connectivity index (χ3v) is 3.55. The lowest BCUT2D eigenvalue weighted by molar-refractivity contribution is -0.146. The van der Waals surface area contributed by atoms with E-state index in [-0.39, 0.29) is 18.6 Å². The molecule has 1 fully saturated rings. The first-order valence-electron chi connectivity index (χ1n) is 7.12. The van der Waals surface area contributed by atoms with E-state index in [2.05, 4.69) is 16.3 Å². The Kier molecular flexibility index (Phi) is 3.94. The van der Waals surface area contributed by atoms with E-state index >= 15 is 0 Å². The molecular weight excluding hydrogens is 284 g/mol. The molecule has 1 aromatic carbocycles. The molecule has 0 saturated carbocycles. The van der Waals surface area contributed by atoms with Crippen molar-refractivity contribution in [1.29, 1.82) is 5.26 Å². The van der Waals surface area contributed by atoms with Crippen LogP contribution in [0.1, 0.15) is 12.5 Å². The number of esters is 1. The number of likely N-dealkylation sites (tertiary alicyclic amines) is 1. The maximum absolute atomic E-state index is 11.4. The predicted molar refractivity (Wildman–Crippen MR) is 78.3 cm³/mol. The summed E-state index contributed by atoms with van der Waals surface area (Å²) in [7, 11) is 0. The minimum absolute atomic E-state index is 0.0520. The molecule has 0 atom stereocenters. The Balaban J connectivity index is 1.65. The summed E-state index contributed by atoms with van der Waals surface area (Å²) in [6.45, 7) is 3.70. The summed E-state index contributed by atoms with van der Waals surface area (Å²) in [5.41, 5.74) is 1.12. The lowest BCUT2D eigenvalue weighted by atomic mass is 10.1. The van der Waals surface area contributed by atoms with Crippen molar-refractivity contribution >= 4 is 16.9 Å². The molecule has 0 spiro atoms. The smallest absolute Gasteiger partial charge is 0.320 e. The molecule has 7 nitrogen and oxygen atoms in total. The number of H-pyrrole nitrogens is 1. The van der Waals surface area contributed by atoms with E-state index in [1.807, 2.05) is 11.0 Å². The van der Waals surface area contributed by atoms with Gasteiger partial charge in [0.1, 0.15) is 17.7 Å². The Morgan fingerprint density at radius 1 is 1.55 bits per heavy atom. The number of nitrogens with one attached hydrogen (secondary N) is 1. The third kappa shape index (κ3) is 2.73. The van der Waals surface area contributed by atoms with Gasteiger partial charge in [-0.05, 0) is 19.1 Å². The summed E-state index contributed by atoms with van der Waals surface area (Å²) in [6.07, 6.45) is 1.71. The highest BCUT2D eigenvalue weighted by Gasteiger charge is 2.31. The second-order valence-electron chi connectivity index (χ2n) is 5.12. The Bertz CT molecular complexity index is 728. The van der Waals surface area contributed by atoms with Crippen LogP contribution in [-0.2, 0) is 9.53 Å². The molecule has 1 saturated heterocycles. The number of nitriles is 1. The maximum Gasteiger partial charge on any atom is 0.320 e. The molecule has 22 heavy (non-hydrogen) atoms. The topological polar surface area (TPSA) is 91.2 Å². The molecule has 0 bridgehead atoms. The number of ether oxygens (including phenoxy) is 2. The average molecular weight is 300 g/mol. The first-order chi connectivity index (χ1) is 10.7. The summed E-state index contributed by atoms with van der Waals surface area (Å²) in [5.74, 6) is 0.273. The van der Waals surface area contributed by atoms with Crippen LogP contribution >= 0.6 is 0 Å². The van der Waals surface area contributed by atoms with E-state index in [4.69, 9.17) is 9.47 Å². The van der Waals surface area contributed by atoms with Crippen LogP contribution in [0.25, 0.3) is 10.9 Å². The normalized spacial score (nSPS) is 15.3. The number of aromatic nitrogens is 2. The number of fused-ring (bicyclic) bond motifs is 1. The van der Waals surface area contributed by atoms with Crippen molar-refractivity contribution in [3.63, 3.8) is 0 Å². The molecule has 2 heterocycles. The van der Waals surface area contributed by atoms with Crippen LogP contribution in [0.4, 0.5) is 0 Å². The van der Waals surface area contributed by atoms with Gasteiger partial charge in [0.2, 0.25) is 0 Å². The molecule has 114 valence electrons. The van der Waals surface area contributed by atoms with E-state index in [0.717, 1.165) is 5.39 Å². The first kappa shape index (κ1) is 14.4. The molecule has 1 N–H and O–H groups in total. The highest BCUT2D eigenvalue weighted by Crippen LogP contribution is 2.30. The number of hydrogen-bond donors (Lipinski definition) is 1. The largest absolute Gasteiger partial charge is 0.484 e. The molecule has 3 rings (SSSR count). The quantitative estimate of drug-likeness (QED) is 0.830. The highest BCUT2D eigenvalue weighted by molar-refractivity contribution is 5.86. The number of hydrogen-bond acceptors (Lipinski definition) is 6. The van der Waals surface area contributed by atoms with Crippen LogP contribution in [-0.4, -0.2) is 53.4 Å². The van der Waals surface area contributed by atoms with E-state index in [1.165, 1.54) is 0 Å². The summed E-state index contributed by atoms with van der Waals surface area (Å²) >= 11 is 0. The van der Waals surface area contributed by atoms with Crippen molar-refractivity contribution in [3.05, 3.63) is 23.9 Å². The van der Waals surface area contributed by atoms with Gasteiger partial charge in [-0.3, -0.25) is 14.8 Å². The molecule has 0 amide bonds. The maximum atomic E-state index is 11.4. The van der Waals surface area contributed by atoms with Crippen LogP contribution in [0.2, 0.25) is 0 Å². The van der Waals surface area contributed by atoms with Crippen molar-refractivity contribution in [2.75, 3.05) is 26.2 Å².